The van der Waals surface area contributed by atoms with E-state index < -0.39 is 0 Å². The SMILES string of the molecule is NCC(O)CN1CCC[C@H]2CCCC[C@H]21. The van der Waals surface area contributed by atoms with Gasteiger partial charge in [0.05, 0.1) is 6.10 Å². The first-order chi connectivity index (χ1) is 7.31. The molecule has 0 amide bonds. The van der Waals surface area contributed by atoms with Gasteiger partial charge in [-0.05, 0) is 38.1 Å². The molecule has 1 saturated carbocycles. The van der Waals surface area contributed by atoms with Crippen molar-refractivity contribution < 1.29 is 5.11 Å². The van der Waals surface area contributed by atoms with Gasteiger partial charge in [0.15, 0.2) is 0 Å². The van der Waals surface area contributed by atoms with Crippen LogP contribution in [0, 0.1) is 5.92 Å². The number of fused-ring (bicyclic) bond motifs is 1. The largest absolute Gasteiger partial charge is 0.390 e. The Hall–Kier alpha value is -0.120. The second kappa shape index (κ2) is 5.28. The van der Waals surface area contributed by atoms with Gasteiger partial charge >= 0.3 is 0 Å². The molecule has 0 aromatic heterocycles. The first kappa shape index (κ1) is 11.4. The second-order valence-electron chi connectivity index (χ2n) is 5.14. The van der Waals surface area contributed by atoms with E-state index in [1.807, 2.05) is 0 Å². The normalized spacial score (nSPS) is 34.8. The molecule has 0 spiro atoms. The van der Waals surface area contributed by atoms with Crippen molar-refractivity contribution in [3.63, 3.8) is 0 Å². The summed E-state index contributed by atoms with van der Waals surface area (Å²) in [6, 6.07) is 0.744. The van der Waals surface area contributed by atoms with E-state index in [-0.39, 0.29) is 6.10 Å². The standard InChI is InChI=1S/C12H24N2O/c13-8-11(15)9-14-7-3-5-10-4-1-2-6-12(10)14/h10-12,15H,1-9,13H2/t10-,11?,12-/m1/s1. The molecule has 3 atom stereocenters. The van der Waals surface area contributed by atoms with Gasteiger partial charge in [0.25, 0.3) is 0 Å². The van der Waals surface area contributed by atoms with Crippen molar-refractivity contribution in [1.29, 1.82) is 0 Å². The monoisotopic (exact) mass is 212 g/mol. The van der Waals surface area contributed by atoms with Crippen LogP contribution < -0.4 is 5.73 Å². The van der Waals surface area contributed by atoms with Crippen LogP contribution in [0.5, 0.6) is 0 Å². The molecule has 0 bridgehead atoms. The summed E-state index contributed by atoms with van der Waals surface area (Å²) in [5, 5.41) is 9.63. The molecule has 1 heterocycles. The van der Waals surface area contributed by atoms with Crippen LogP contribution in [-0.4, -0.2) is 41.8 Å². The summed E-state index contributed by atoms with van der Waals surface area (Å²) in [7, 11) is 0. The van der Waals surface area contributed by atoms with Crippen LogP contribution in [0.3, 0.4) is 0 Å². The van der Waals surface area contributed by atoms with Crippen molar-refractivity contribution in [2.75, 3.05) is 19.6 Å². The highest BCUT2D eigenvalue weighted by Gasteiger charge is 2.33. The number of hydrogen-bond donors (Lipinski definition) is 2. The lowest BCUT2D eigenvalue weighted by Gasteiger charge is -2.44. The molecule has 1 unspecified atom stereocenters. The van der Waals surface area contributed by atoms with Gasteiger partial charge in [-0.1, -0.05) is 12.8 Å². The molecule has 3 N–H and O–H groups in total. The third-order valence-corrected chi connectivity index (χ3v) is 4.08. The first-order valence-corrected chi connectivity index (χ1v) is 6.43. The smallest absolute Gasteiger partial charge is 0.0789 e. The Morgan fingerprint density at radius 1 is 1.20 bits per heavy atom. The minimum absolute atomic E-state index is 0.328. The van der Waals surface area contributed by atoms with Gasteiger partial charge in [-0.3, -0.25) is 4.90 Å². The lowest BCUT2D eigenvalue weighted by molar-refractivity contribution is 0.0236. The van der Waals surface area contributed by atoms with Crippen LogP contribution in [0.25, 0.3) is 0 Å². The lowest BCUT2D eigenvalue weighted by atomic mass is 9.78. The molecule has 0 aromatic rings. The van der Waals surface area contributed by atoms with Crippen molar-refractivity contribution in [3.05, 3.63) is 0 Å². The Morgan fingerprint density at radius 3 is 2.73 bits per heavy atom. The number of likely N-dealkylation sites (tertiary alicyclic amines) is 1. The average molecular weight is 212 g/mol. The number of hydrogen-bond acceptors (Lipinski definition) is 3. The number of nitrogens with two attached hydrogens (primary N) is 1. The van der Waals surface area contributed by atoms with Gasteiger partial charge in [0.1, 0.15) is 0 Å². The highest BCUT2D eigenvalue weighted by Crippen LogP contribution is 2.35. The zero-order valence-electron chi connectivity index (χ0n) is 9.57. The van der Waals surface area contributed by atoms with E-state index in [1.165, 1.54) is 38.5 Å². The average Bonchev–Trinajstić information content (AvgIpc) is 2.29. The summed E-state index contributed by atoms with van der Waals surface area (Å²) in [4.78, 5) is 2.49. The van der Waals surface area contributed by atoms with Gasteiger partial charge < -0.3 is 10.8 Å². The zero-order chi connectivity index (χ0) is 10.7. The van der Waals surface area contributed by atoms with Crippen LogP contribution >= 0.6 is 0 Å². The van der Waals surface area contributed by atoms with Crippen LogP contribution in [0.15, 0.2) is 0 Å². The fourth-order valence-electron chi connectivity index (χ4n) is 3.30. The number of rotatable bonds is 3. The summed E-state index contributed by atoms with van der Waals surface area (Å²) in [6.07, 6.45) is 7.90. The molecule has 1 aliphatic carbocycles. The number of aliphatic hydroxyl groups is 1. The summed E-state index contributed by atoms with van der Waals surface area (Å²) < 4.78 is 0. The first-order valence-electron chi connectivity index (χ1n) is 6.43. The maximum atomic E-state index is 9.63. The molecule has 3 heteroatoms. The fraction of sp³-hybridized carbons (Fsp3) is 1.00. The summed E-state index contributed by atoms with van der Waals surface area (Å²) in [6.45, 7) is 2.35. The Kier molecular flexibility index (Phi) is 4.00. The molecule has 0 radical (unpaired) electrons. The zero-order valence-corrected chi connectivity index (χ0v) is 9.57. The van der Waals surface area contributed by atoms with Crippen molar-refractivity contribution in [2.45, 2.75) is 50.7 Å². The number of piperidine rings is 1. The number of aliphatic hydroxyl groups excluding tert-OH is 1. The Morgan fingerprint density at radius 2 is 1.93 bits per heavy atom. The van der Waals surface area contributed by atoms with Gasteiger partial charge in [-0.2, -0.15) is 0 Å². The van der Waals surface area contributed by atoms with E-state index in [9.17, 15) is 5.11 Å². The van der Waals surface area contributed by atoms with Crippen molar-refractivity contribution >= 4 is 0 Å². The molecule has 0 aromatic carbocycles. The maximum absolute atomic E-state index is 9.63. The van der Waals surface area contributed by atoms with E-state index in [1.54, 1.807) is 0 Å². The van der Waals surface area contributed by atoms with E-state index >= 15 is 0 Å². The third kappa shape index (κ3) is 2.71. The lowest BCUT2D eigenvalue weighted by Crippen LogP contribution is -2.50. The predicted molar refractivity (Wildman–Crippen MR) is 61.6 cm³/mol. The maximum Gasteiger partial charge on any atom is 0.0789 e. The molecule has 3 nitrogen and oxygen atoms in total. The quantitative estimate of drug-likeness (QED) is 0.732. The summed E-state index contributed by atoms with van der Waals surface area (Å²) >= 11 is 0. The molecule has 88 valence electrons. The molecular formula is C12H24N2O. The number of nitrogens with zero attached hydrogens (tertiary/aromatic N) is 1. The highest BCUT2D eigenvalue weighted by molar-refractivity contribution is 4.88. The van der Waals surface area contributed by atoms with Crippen LogP contribution in [0.4, 0.5) is 0 Å². The van der Waals surface area contributed by atoms with Gasteiger partial charge in [0.2, 0.25) is 0 Å². The molecular weight excluding hydrogens is 188 g/mol. The van der Waals surface area contributed by atoms with E-state index in [2.05, 4.69) is 4.90 Å². The second-order valence-corrected chi connectivity index (χ2v) is 5.14. The third-order valence-electron chi connectivity index (χ3n) is 4.08. The van der Waals surface area contributed by atoms with Crippen LogP contribution in [-0.2, 0) is 0 Å². The Labute approximate surface area is 92.6 Å². The van der Waals surface area contributed by atoms with Crippen molar-refractivity contribution in [2.24, 2.45) is 11.7 Å². The van der Waals surface area contributed by atoms with E-state index in [0.29, 0.717) is 6.54 Å². The minimum atomic E-state index is -0.328. The Balaban J connectivity index is 1.91. The van der Waals surface area contributed by atoms with Gasteiger partial charge in [-0.25, -0.2) is 0 Å². The van der Waals surface area contributed by atoms with Crippen molar-refractivity contribution in [1.82, 2.24) is 4.90 Å². The van der Waals surface area contributed by atoms with Gasteiger partial charge in [0, 0.05) is 19.1 Å². The van der Waals surface area contributed by atoms with Gasteiger partial charge in [-0.15, -0.1) is 0 Å². The summed E-state index contributed by atoms with van der Waals surface area (Å²) in [5.74, 6) is 0.900. The van der Waals surface area contributed by atoms with Crippen LogP contribution in [0.2, 0.25) is 0 Å². The Bertz CT molecular complexity index is 196. The summed E-state index contributed by atoms with van der Waals surface area (Å²) in [5.41, 5.74) is 5.48. The molecule has 15 heavy (non-hydrogen) atoms. The molecule has 2 rings (SSSR count). The predicted octanol–water partition coefficient (Wildman–Crippen LogP) is 0.961. The highest BCUT2D eigenvalue weighted by atomic mass is 16.3. The van der Waals surface area contributed by atoms with Crippen LogP contribution in [0.1, 0.15) is 38.5 Å². The molecule has 1 aliphatic heterocycles. The minimum Gasteiger partial charge on any atom is -0.390 e. The van der Waals surface area contributed by atoms with Crippen molar-refractivity contribution in [3.8, 4) is 0 Å². The topological polar surface area (TPSA) is 49.5 Å². The fourth-order valence-corrected chi connectivity index (χ4v) is 3.30. The molecule has 2 aliphatic rings. The van der Waals surface area contributed by atoms with E-state index in [0.717, 1.165) is 25.0 Å². The molecule has 1 saturated heterocycles. The molecule has 2 fully saturated rings. The van der Waals surface area contributed by atoms with E-state index in [4.69, 9.17) is 5.73 Å². The number of β-amino-alcohol motifs (C(OH)–C–C–N with tert-alkyl or cyclic N) is 1.